The third kappa shape index (κ3) is 31.9. The molecule has 0 fully saturated rings. The smallest absolute Gasteiger partial charge is 0.227 e. The molecule has 0 amide bonds. The van der Waals surface area contributed by atoms with Crippen LogP contribution in [0.5, 0.6) is 0 Å². The molecule has 0 rings (SSSR count). The van der Waals surface area contributed by atoms with E-state index in [-0.39, 0.29) is 0 Å². The van der Waals surface area contributed by atoms with Gasteiger partial charge in [-0.15, -0.1) is 0 Å². The lowest BCUT2D eigenvalue weighted by Crippen LogP contribution is -2.32. The van der Waals surface area contributed by atoms with Crippen molar-refractivity contribution < 1.29 is 9.46 Å². The van der Waals surface area contributed by atoms with Gasteiger partial charge in [-0.2, -0.15) is 0 Å². The fourth-order valence-electron chi connectivity index (χ4n) is 6.35. The minimum absolute atomic E-state index is 0.392. The summed E-state index contributed by atoms with van der Waals surface area (Å²) in [6.45, 7) is 13.1. The van der Waals surface area contributed by atoms with Gasteiger partial charge in [-0.05, 0) is 51.9 Å². The van der Waals surface area contributed by atoms with Crippen LogP contribution in [0.25, 0.3) is 0 Å². The highest BCUT2D eigenvalue weighted by Gasteiger charge is 2.25. The van der Waals surface area contributed by atoms with Gasteiger partial charge in [-0.1, -0.05) is 182 Å². The van der Waals surface area contributed by atoms with Crippen LogP contribution < -0.4 is 0 Å². The van der Waals surface area contributed by atoms with Gasteiger partial charge >= 0.3 is 0 Å². The Kier molecular flexibility index (Phi) is 33.6. The summed E-state index contributed by atoms with van der Waals surface area (Å²) in [4.78, 5) is 16.1. The highest BCUT2D eigenvalue weighted by atomic mass is 31.2. The first-order chi connectivity index (χ1) is 21.0. The van der Waals surface area contributed by atoms with Gasteiger partial charge in [0.25, 0.3) is 0 Å². The Morgan fingerprint density at radius 1 is 0.349 bits per heavy atom. The first-order valence-electron chi connectivity index (χ1n) is 19.7. The molecule has 1 N–H and O–H groups in total. The van der Waals surface area contributed by atoms with Crippen molar-refractivity contribution in [1.29, 1.82) is 0 Å². The zero-order valence-electron chi connectivity index (χ0n) is 30.2. The molecule has 0 aliphatic carbocycles. The number of unbranched alkanes of at least 4 members (excludes halogenated alkanes) is 24. The van der Waals surface area contributed by atoms with Crippen LogP contribution in [-0.2, 0) is 4.57 Å². The maximum absolute atomic E-state index is 13.7. The van der Waals surface area contributed by atoms with E-state index in [1.54, 1.807) is 0 Å². The average Bonchev–Trinajstić information content (AvgIpc) is 2.98. The van der Waals surface area contributed by atoms with E-state index in [9.17, 15) is 9.46 Å². The molecular formula is C38H81N2O2P. The molecule has 0 bridgehead atoms. The van der Waals surface area contributed by atoms with Crippen molar-refractivity contribution in [3.63, 3.8) is 0 Å². The van der Waals surface area contributed by atoms with Crippen molar-refractivity contribution in [2.45, 2.75) is 207 Å². The van der Waals surface area contributed by atoms with Crippen LogP contribution in [0, 0.1) is 0 Å². The summed E-state index contributed by atoms with van der Waals surface area (Å²) in [7, 11) is -3.23. The molecule has 260 valence electrons. The lowest BCUT2D eigenvalue weighted by atomic mass is 10.1. The Bertz CT molecular complexity index is 542. The quantitative estimate of drug-likeness (QED) is 0.0554. The highest BCUT2D eigenvalue weighted by Crippen LogP contribution is 2.42. The first kappa shape index (κ1) is 43.1. The zero-order valence-corrected chi connectivity index (χ0v) is 31.1. The maximum Gasteiger partial charge on any atom is 0.227 e. The van der Waals surface area contributed by atoms with Gasteiger partial charge in [0.1, 0.15) is 0 Å². The van der Waals surface area contributed by atoms with Gasteiger partial charge in [-0.25, -0.2) is 0 Å². The van der Waals surface area contributed by atoms with Gasteiger partial charge in [0.15, 0.2) is 0 Å². The first-order valence-corrected chi connectivity index (χ1v) is 21.8. The molecule has 0 aromatic rings. The molecular weight excluding hydrogens is 547 g/mol. The minimum atomic E-state index is -3.23. The van der Waals surface area contributed by atoms with E-state index in [0.29, 0.717) is 12.6 Å². The Hall–Kier alpha value is 0.110. The molecule has 0 spiro atoms. The summed E-state index contributed by atoms with van der Waals surface area (Å²) >= 11 is 0. The Morgan fingerprint density at radius 3 is 0.744 bits per heavy atom. The third-order valence-electron chi connectivity index (χ3n) is 9.15. The predicted octanol–water partition coefficient (Wildman–Crippen LogP) is 12.8. The van der Waals surface area contributed by atoms with E-state index in [4.69, 9.17) is 0 Å². The van der Waals surface area contributed by atoms with Crippen LogP contribution in [0.2, 0.25) is 0 Å². The Balaban J connectivity index is 4.85. The van der Waals surface area contributed by atoms with Crippen molar-refractivity contribution in [2.75, 3.05) is 38.8 Å². The summed E-state index contributed by atoms with van der Waals surface area (Å²) in [5.74, 6) is 0. The minimum Gasteiger partial charge on any atom is -0.343 e. The Morgan fingerprint density at radius 2 is 0.535 bits per heavy atom. The molecule has 43 heavy (non-hydrogen) atoms. The summed E-state index contributed by atoms with van der Waals surface area (Å²) in [5.41, 5.74) is 0. The number of rotatable bonds is 36. The molecule has 0 aromatic heterocycles. The second-order valence-corrected chi connectivity index (χ2v) is 16.1. The van der Waals surface area contributed by atoms with Crippen molar-refractivity contribution in [1.82, 2.24) is 9.80 Å². The van der Waals surface area contributed by atoms with Crippen molar-refractivity contribution in [3.05, 3.63) is 0 Å². The standard InChI is InChI=1S/C38H81N2O2P/c1-5-9-13-17-21-23-27-31-35-39(33-29-25-19-15-11-7-3)37-43(41,42)38-40(34-30-26-20-16-12-8-4)36-32-28-24-22-18-14-10-6-2/h5-38H2,1-4H3,(H,41,42). The second-order valence-electron chi connectivity index (χ2n) is 13.9. The molecule has 0 atom stereocenters. The summed E-state index contributed by atoms with van der Waals surface area (Å²) in [6.07, 6.45) is 37.2. The monoisotopic (exact) mass is 629 g/mol. The van der Waals surface area contributed by atoms with E-state index in [1.165, 1.54) is 180 Å². The van der Waals surface area contributed by atoms with Gasteiger partial charge in [0.05, 0.1) is 12.6 Å². The van der Waals surface area contributed by atoms with Gasteiger partial charge in [0.2, 0.25) is 7.37 Å². The van der Waals surface area contributed by atoms with Gasteiger partial charge < -0.3 is 4.89 Å². The second kappa shape index (κ2) is 33.5. The van der Waals surface area contributed by atoms with Crippen LogP contribution in [0.15, 0.2) is 0 Å². The topological polar surface area (TPSA) is 43.8 Å². The Labute approximate surface area is 272 Å². The lowest BCUT2D eigenvalue weighted by Gasteiger charge is -2.29. The molecule has 0 radical (unpaired) electrons. The molecule has 0 saturated carbocycles. The third-order valence-corrected chi connectivity index (χ3v) is 10.8. The fourth-order valence-corrected chi connectivity index (χ4v) is 8.25. The molecule has 4 nitrogen and oxygen atoms in total. The molecule has 0 saturated heterocycles. The molecule has 0 unspecified atom stereocenters. The van der Waals surface area contributed by atoms with Crippen LogP contribution in [0.1, 0.15) is 207 Å². The largest absolute Gasteiger partial charge is 0.343 e. The van der Waals surface area contributed by atoms with E-state index < -0.39 is 7.37 Å². The van der Waals surface area contributed by atoms with Crippen molar-refractivity contribution in [2.24, 2.45) is 0 Å². The van der Waals surface area contributed by atoms with Crippen LogP contribution in [0.4, 0.5) is 0 Å². The van der Waals surface area contributed by atoms with E-state index >= 15 is 0 Å². The normalized spacial score (nSPS) is 12.3. The van der Waals surface area contributed by atoms with Crippen molar-refractivity contribution in [3.8, 4) is 0 Å². The van der Waals surface area contributed by atoms with Crippen LogP contribution >= 0.6 is 7.37 Å². The van der Waals surface area contributed by atoms with Crippen LogP contribution in [0.3, 0.4) is 0 Å². The van der Waals surface area contributed by atoms with Gasteiger partial charge in [-0.3, -0.25) is 14.4 Å². The molecule has 0 aromatic carbocycles. The number of hydrogen-bond donors (Lipinski definition) is 1. The summed E-state index contributed by atoms with van der Waals surface area (Å²) < 4.78 is 13.7. The van der Waals surface area contributed by atoms with E-state index in [2.05, 4.69) is 37.5 Å². The van der Waals surface area contributed by atoms with Crippen LogP contribution in [-0.4, -0.2) is 53.4 Å². The van der Waals surface area contributed by atoms with E-state index in [1.807, 2.05) is 0 Å². The highest BCUT2D eigenvalue weighted by molar-refractivity contribution is 7.57. The SMILES string of the molecule is CCCCCCCCCCN(CCCCCCCC)CP(=O)(O)CN(CCCCCCCC)CCCCCCCCCC. The zero-order chi connectivity index (χ0) is 31.7. The molecule has 5 heteroatoms. The summed E-state index contributed by atoms with van der Waals surface area (Å²) in [6, 6.07) is 0. The number of hydrogen-bond acceptors (Lipinski definition) is 3. The lowest BCUT2D eigenvalue weighted by molar-refractivity contribution is 0.263. The van der Waals surface area contributed by atoms with Crippen molar-refractivity contribution >= 4 is 7.37 Å². The average molecular weight is 629 g/mol. The fraction of sp³-hybridized carbons (Fsp3) is 1.00. The number of nitrogens with zero attached hydrogens (tertiary/aromatic N) is 2. The maximum atomic E-state index is 13.7. The molecule has 0 aliphatic rings. The van der Waals surface area contributed by atoms with Gasteiger partial charge in [0, 0.05) is 0 Å². The predicted molar refractivity (Wildman–Crippen MR) is 195 cm³/mol. The summed E-state index contributed by atoms with van der Waals surface area (Å²) in [5, 5.41) is 0. The van der Waals surface area contributed by atoms with E-state index in [0.717, 1.165) is 26.2 Å². The molecule has 0 heterocycles. The molecule has 0 aliphatic heterocycles.